The number of nitrogens with one attached hydrogen (secondary N) is 1. The summed E-state index contributed by atoms with van der Waals surface area (Å²) < 4.78 is 1.97. The molecule has 0 unspecified atom stereocenters. The number of pyridine rings is 1. The van der Waals surface area contributed by atoms with Gasteiger partial charge in [-0.15, -0.1) is 0 Å². The molecule has 4 rings (SSSR count). The number of hydrogen-bond donors (Lipinski definition) is 1. The summed E-state index contributed by atoms with van der Waals surface area (Å²) in [6, 6.07) is 4.04. The number of aryl methyl sites for hydroxylation is 1. The lowest BCUT2D eigenvalue weighted by molar-refractivity contribution is 0.0741. The third-order valence-corrected chi connectivity index (χ3v) is 8.20. The van der Waals surface area contributed by atoms with Crippen LogP contribution in [0.2, 0.25) is 0 Å². The third-order valence-electron chi connectivity index (χ3n) is 8.20. The molecule has 1 saturated heterocycles. The molecule has 1 N–H and O–H groups in total. The van der Waals surface area contributed by atoms with Crippen LogP contribution in [0.4, 0.5) is 0 Å². The van der Waals surface area contributed by atoms with Crippen molar-refractivity contribution in [2.24, 2.45) is 11.8 Å². The van der Waals surface area contributed by atoms with Gasteiger partial charge in [0.05, 0.1) is 11.2 Å². The molecule has 0 aromatic carbocycles. The molecule has 0 aliphatic carbocycles. The van der Waals surface area contributed by atoms with Crippen LogP contribution in [-0.4, -0.2) is 58.0 Å². The molecule has 2 aromatic rings. The maximum Gasteiger partial charge on any atom is 0.253 e. The normalized spacial score (nSPS) is 16.1. The van der Waals surface area contributed by atoms with Gasteiger partial charge in [0.15, 0.2) is 0 Å². The molecule has 1 amide bonds. The molecule has 0 radical (unpaired) electrons. The third kappa shape index (κ3) is 7.87. The van der Waals surface area contributed by atoms with Crippen LogP contribution in [0.5, 0.6) is 0 Å². The van der Waals surface area contributed by atoms with E-state index in [4.69, 9.17) is 5.10 Å². The lowest BCUT2D eigenvalue weighted by Crippen LogP contribution is -2.34. The lowest BCUT2D eigenvalue weighted by atomic mass is 10.00. The van der Waals surface area contributed by atoms with E-state index in [2.05, 4.69) is 81.1 Å². The largest absolute Gasteiger partial charge is 0.361 e. The smallest absolute Gasteiger partial charge is 0.253 e. The van der Waals surface area contributed by atoms with E-state index in [0.717, 1.165) is 73.4 Å². The number of nitrogens with zero attached hydrogens (tertiary/aromatic N) is 4. The van der Waals surface area contributed by atoms with E-state index in [9.17, 15) is 4.79 Å². The van der Waals surface area contributed by atoms with Gasteiger partial charge < -0.3 is 15.1 Å². The maximum atomic E-state index is 13.8. The molecule has 40 heavy (non-hydrogen) atoms. The molecule has 2 aliphatic rings. The van der Waals surface area contributed by atoms with Crippen molar-refractivity contribution in [1.29, 1.82) is 0 Å². The first-order valence-corrected chi connectivity index (χ1v) is 15.6. The summed E-state index contributed by atoms with van der Waals surface area (Å²) in [5, 5.41) is 8.49. The highest BCUT2D eigenvalue weighted by Crippen LogP contribution is 2.28. The van der Waals surface area contributed by atoms with Crippen LogP contribution in [0.3, 0.4) is 0 Å². The van der Waals surface area contributed by atoms with Gasteiger partial charge in [-0.3, -0.25) is 4.79 Å². The van der Waals surface area contributed by atoms with Crippen molar-refractivity contribution in [3.8, 4) is 0 Å². The molecule has 4 heterocycles. The zero-order valence-corrected chi connectivity index (χ0v) is 25.8. The van der Waals surface area contributed by atoms with Crippen molar-refractivity contribution in [1.82, 2.24) is 24.7 Å². The van der Waals surface area contributed by atoms with Crippen molar-refractivity contribution in [3.05, 3.63) is 64.8 Å². The predicted octanol–water partition coefficient (Wildman–Crippen LogP) is 7.08. The monoisotopic (exact) mass is 545 g/mol. The molecular weight excluding hydrogens is 494 g/mol. The summed E-state index contributed by atoms with van der Waals surface area (Å²) in [5.41, 5.74) is 7.54. The van der Waals surface area contributed by atoms with Gasteiger partial charge in [-0.1, -0.05) is 39.7 Å². The highest BCUT2D eigenvalue weighted by molar-refractivity contribution is 5.95. The number of likely N-dealkylation sites (tertiary alicyclic amines) is 1. The van der Waals surface area contributed by atoms with E-state index in [-0.39, 0.29) is 5.91 Å². The van der Waals surface area contributed by atoms with E-state index in [1.165, 1.54) is 43.5 Å². The van der Waals surface area contributed by atoms with Gasteiger partial charge in [-0.2, -0.15) is 5.10 Å². The lowest BCUT2D eigenvalue weighted by Gasteiger charge is -2.26. The Balaban J connectivity index is 1.64. The van der Waals surface area contributed by atoms with Crippen LogP contribution >= 0.6 is 0 Å². The fraction of sp³-hybridized carbons (Fsp3) is 0.588. The standard InChI is InChI=1S/C34H51N5O/c1-25(2)14-20-38(21-15-26(3)4)34(40)28-16-22-39-32(23-28)30(11-10-19-37-17-8-7-9-18-37)33(36-39)29-12-13-31(27(5)6)35-24-29/h12-13,16,22-26,35H,7-11,14-15,17-21H2,1-6H3. The summed E-state index contributed by atoms with van der Waals surface area (Å²) in [6.45, 7) is 18.3. The molecule has 218 valence electrons. The average molecular weight is 546 g/mol. The maximum absolute atomic E-state index is 13.8. The number of dihydropyridines is 1. The van der Waals surface area contributed by atoms with Crippen LogP contribution in [0, 0.1) is 11.8 Å². The summed E-state index contributed by atoms with van der Waals surface area (Å²) in [5.74, 6) is 1.27. The van der Waals surface area contributed by atoms with E-state index in [1.54, 1.807) is 0 Å². The Morgan fingerprint density at radius 3 is 2.33 bits per heavy atom. The molecule has 1 fully saturated rings. The van der Waals surface area contributed by atoms with E-state index in [0.29, 0.717) is 11.8 Å². The van der Waals surface area contributed by atoms with Crippen molar-refractivity contribution >= 4 is 17.0 Å². The van der Waals surface area contributed by atoms with Crippen molar-refractivity contribution in [3.63, 3.8) is 0 Å². The first-order valence-electron chi connectivity index (χ1n) is 15.6. The molecule has 6 heteroatoms. The highest BCUT2D eigenvalue weighted by atomic mass is 16.2. The minimum absolute atomic E-state index is 0.137. The van der Waals surface area contributed by atoms with Gasteiger partial charge in [0.2, 0.25) is 0 Å². The van der Waals surface area contributed by atoms with Crippen LogP contribution in [0.25, 0.3) is 11.1 Å². The number of hydrogen-bond acceptors (Lipinski definition) is 4. The minimum atomic E-state index is 0.137. The number of rotatable bonds is 12. The fourth-order valence-corrected chi connectivity index (χ4v) is 5.58. The average Bonchev–Trinajstić information content (AvgIpc) is 3.31. The van der Waals surface area contributed by atoms with Gasteiger partial charge >= 0.3 is 0 Å². The zero-order chi connectivity index (χ0) is 28.6. The molecular formula is C34H51N5O. The van der Waals surface area contributed by atoms with E-state index in [1.807, 2.05) is 16.8 Å². The Kier molecular flexibility index (Phi) is 10.7. The SMILES string of the molecule is CC(C)=C1C=CC(c2nn3ccc(C(=O)N(CCC(C)C)CCC(C)C)cc3c2CCCN2CCCCC2)=CN1. The molecule has 0 bridgehead atoms. The number of aromatic nitrogens is 2. The van der Waals surface area contributed by atoms with E-state index >= 15 is 0 Å². The highest BCUT2D eigenvalue weighted by Gasteiger charge is 2.21. The Bertz CT molecular complexity index is 1230. The van der Waals surface area contributed by atoms with Crippen molar-refractivity contribution in [2.45, 2.75) is 86.5 Å². The Labute approximate surface area is 242 Å². The summed E-state index contributed by atoms with van der Waals surface area (Å²) in [6.07, 6.45) is 16.4. The quantitative estimate of drug-likeness (QED) is 0.310. The molecule has 6 nitrogen and oxygen atoms in total. The number of amides is 1. The van der Waals surface area contributed by atoms with Crippen molar-refractivity contribution in [2.75, 3.05) is 32.7 Å². The first kappa shape index (κ1) is 30.1. The number of piperidine rings is 1. The Morgan fingerprint density at radius 2 is 1.73 bits per heavy atom. The Hall–Kier alpha value is -2.86. The first-order chi connectivity index (χ1) is 19.2. The second kappa shape index (κ2) is 14.2. The number of carbonyl (C=O) groups excluding carboxylic acids is 1. The van der Waals surface area contributed by atoms with Gasteiger partial charge in [0, 0.05) is 47.9 Å². The minimum Gasteiger partial charge on any atom is -0.361 e. The molecule has 2 aliphatic heterocycles. The topological polar surface area (TPSA) is 52.9 Å². The molecule has 0 spiro atoms. The molecule has 2 aromatic heterocycles. The second-order valence-corrected chi connectivity index (χ2v) is 12.7. The van der Waals surface area contributed by atoms with Gasteiger partial charge in [0.25, 0.3) is 5.91 Å². The van der Waals surface area contributed by atoms with Gasteiger partial charge in [-0.25, -0.2) is 4.52 Å². The second-order valence-electron chi connectivity index (χ2n) is 12.7. The molecule has 0 atom stereocenters. The number of fused-ring (bicyclic) bond motifs is 1. The van der Waals surface area contributed by atoms with Crippen LogP contribution in [-0.2, 0) is 6.42 Å². The Morgan fingerprint density at radius 1 is 1.02 bits per heavy atom. The van der Waals surface area contributed by atoms with Crippen LogP contribution in [0.1, 0.15) is 102 Å². The number of allylic oxidation sites excluding steroid dienone is 4. The van der Waals surface area contributed by atoms with Crippen molar-refractivity contribution < 1.29 is 4.79 Å². The van der Waals surface area contributed by atoms with E-state index < -0.39 is 0 Å². The van der Waals surface area contributed by atoms with Gasteiger partial charge in [-0.05, 0) is 108 Å². The summed E-state index contributed by atoms with van der Waals surface area (Å²) in [4.78, 5) is 18.5. The molecule has 0 saturated carbocycles. The van der Waals surface area contributed by atoms with Crippen LogP contribution in [0.15, 0.2) is 48.0 Å². The fourth-order valence-electron chi connectivity index (χ4n) is 5.58. The van der Waals surface area contributed by atoms with Crippen LogP contribution < -0.4 is 5.32 Å². The van der Waals surface area contributed by atoms with Gasteiger partial charge in [0.1, 0.15) is 0 Å². The number of carbonyl (C=O) groups is 1. The summed E-state index contributed by atoms with van der Waals surface area (Å²) >= 11 is 0. The summed E-state index contributed by atoms with van der Waals surface area (Å²) in [7, 11) is 0. The zero-order valence-electron chi connectivity index (χ0n) is 25.8. The predicted molar refractivity (Wildman–Crippen MR) is 167 cm³/mol.